The van der Waals surface area contributed by atoms with Gasteiger partial charge in [0.25, 0.3) is 0 Å². The Morgan fingerprint density at radius 3 is 2.38 bits per heavy atom. The number of carbonyl (C=O) groups is 2. The van der Waals surface area contributed by atoms with Crippen LogP contribution in [0.1, 0.15) is 18.9 Å². The summed E-state index contributed by atoms with van der Waals surface area (Å²) in [6.07, 6.45) is 0.260. The molecule has 1 heterocycles. The molecular weight excluding hydrogens is 406 g/mol. The highest BCUT2D eigenvalue weighted by Crippen LogP contribution is 2.34. The SMILES string of the molecule is C/C(CC(=O)Nc1ccc2c(c1)OCO2)=N\NC(=O)Cc1ccc(-c2ccccc2)cc1. The molecule has 0 spiro atoms. The Hall–Kier alpha value is -4.13. The number of hydrogen-bond acceptors (Lipinski definition) is 5. The normalized spacial score (nSPS) is 12.3. The summed E-state index contributed by atoms with van der Waals surface area (Å²) in [4.78, 5) is 24.4. The molecule has 0 radical (unpaired) electrons. The summed E-state index contributed by atoms with van der Waals surface area (Å²) >= 11 is 0. The zero-order valence-electron chi connectivity index (χ0n) is 17.6. The van der Waals surface area contributed by atoms with Crippen molar-refractivity contribution >= 4 is 23.2 Å². The van der Waals surface area contributed by atoms with Crippen molar-refractivity contribution in [2.75, 3.05) is 12.1 Å². The van der Waals surface area contributed by atoms with Crippen molar-refractivity contribution in [3.63, 3.8) is 0 Å². The Morgan fingerprint density at radius 2 is 1.59 bits per heavy atom. The molecule has 2 N–H and O–H groups in total. The molecule has 0 bridgehead atoms. The molecule has 1 aliphatic rings. The van der Waals surface area contributed by atoms with E-state index in [0.717, 1.165) is 16.7 Å². The third-order valence-corrected chi connectivity index (χ3v) is 4.87. The van der Waals surface area contributed by atoms with E-state index in [0.29, 0.717) is 22.9 Å². The zero-order chi connectivity index (χ0) is 22.3. The molecule has 3 aromatic carbocycles. The van der Waals surface area contributed by atoms with Gasteiger partial charge in [0.1, 0.15) is 0 Å². The minimum atomic E-state index is -0.243. The van der Waals surface area contributed by atoms with Crippen LogP contribution in [0, 0.1) is 0 Å². The maximum atomic E-state index is 12.2. The highest BCUT2D eigenvalue weighted by atomic mass is 16.7. The fourth-order valence-corrected chi connectivity index (χ4v) is 3.28. The van der Waals surface area contributed by atoms with E-state index in [9.17, 15) is 9.59 Å². The molecule has 162 valence electrons. The highest BCUT2D eigenvalue weighted by molar-refractivity contribution is 6.05. The number of fused-ring (bicyclic) bond motifs is 1. The molecule has 0 aliphatic carbocycles. The Morgan fingerprint density at radius 1 is 0.875 bits per heavy atom. The van der Waals surface area contributed by atoms with Gasteiger partial charge in [-0.2, -0.15) is 5.10 Å². The molecule has 0 saturated heterocycles. The number of carbonyl (C=O) groups excluding carboxylic acids is 2. The van der Waals surface area contributed by atoms with Crippen LogP contribution >= 0.6 is 0 Å². The van der Waals surface area contributed by atoms with Gasteiger partial charge in [0, 0.05) is 17.5 Å². The van der Waals surface area contributed by atoms with Gasteiger partial charge in [-0.15, -0.1) is 0 Å². The van der Waals surface area contributed by atoms with E-state index in [4.69, 9.17) is 9.47 Å². The van der Waals surface area contributed by atoms with Crippen LogP contribution in [-0.2, 0) is 16.0 Å². The second-order valence-electron chi connectivity index (χ2n) is 7.41. The second kappa shape index (κ2) is 9.78. The number of nitrogens with zero attached hydrogens (tertiary/aromatic N) is 1. The van der Waals surface area contributed by atoms with Gasteiger partial charge in [0.15, 0.2) is 11.5 Å². The molecular formula is C25H23N3O4. The quantitative estimate of drug-likeness (QED) is 0.436. The van der Waals surface area contributed by atoms with Crippen LogP contribution in [0.15, 0.2) is 77.9 Å². The molecule has 0 atom stereocenters. The molecule has 0 unspecified atom stereocenters. The Bertz CT molecular complexity index is 1140. The van der Waals surface area contributed by atoms with E-state index in [-0.39, 0.29) is 31.4 Å². The van der Waals surface area contributed by atoms with E-state index in [1.54, 1.807) is 25.1 Å². The summed E-state index contributed by atoms with van der Waals surface area (Å²) in [7, 11) is 0. The van der Waals surface area contributed by atoms with Crippen molar-refractivity contribution in [3.8, 4) is 22.6 Å². The average Bonchev–Trinajstić information content (AvgIpc) is 3.27. The summed E-state index contributed by atoms with van der Waals surface area (Å²) in [5.41, 5.74) is 6.72. The van der Waals surface area contributed by atoms with Crippen LogP contribution in [0.3, 0.4) is 0 Å². The predicted octanol–water partition coefficient (Wildman–Crippen LogP) is 4.15. The van der Waals surface area contributed by atoms with Crippen molar-refractivity contribution in [1.29, 1.82) is 0 Å². The number of benzene rings is 3. The van der Waals surface area contributed by atoms with Gasteiger partial charge in [0.05, 0.1) is 12.8 Å². The largest absolute Gasteiger partial charge is 0.454 e. The van der Waals surface area contributed by atoms with Gasteiger partial charge in [-0.1, -0.05) is 54.6 Å². The molecule has 0 aromatic heterocycles. The lowest BCUT2D eigenvalue weighted by Crippen LogP contribution is -2.22. The van der Waals surface area contributed by atoms with Gasteiger partial charge < -0.3 is 14.8 Å². The van der Waals surface area contributed by atoms with Crippen LogP contribution in [0.25, 0.3) is 11.1 Å². The van der Waals surface area contributed by atoms with Crippen LogP contribution in [0.4, 0.5) is 5.69 Å². The molecule has 0 saturated carbocycles. The number of hydrazone groups is 1. The van der Waals surface area contributed by atoms with Crippen molar-refractivity contribution in [1.82, 2.24) is 5.43 Å². The molecule has 3 aromatic rings. The number of hydrogen-bond donors (Lipinski definition) is 2. The van der Waals surface area contributed by atoms with Crippen molar-refractivity contribution in [3.05, 3.63) is 78.4 Å². The molecule has 0 fully saturated rings. The van der Waals surface area contributed by atoms with E-state index in [2.05, 4.69) is 15.8 Å². The lowest BCUT2D eigenvalue weighted by Gasteiger charge is -2.07. The van der Waals surface area contributed by atoms with Crippen LogP contribution in [-0.4, -0.2) is 24.3 Å². The maximum Gasteiger partial charge on any atom is 0.244 e. The van der Waals surface area contributed by atoms with E-state index in [1.807, 2.05) is 54.6 Å². The summed E-state index contributed by atoms with van der Waals surface area (Å²) < 4.78 is 10.6. The van der Waals surface area contributed by atoms with Gasteiger partial charge in [0.2, 0.25) is 18.6 Å². The van der Waals surface area contributed by atoms with E-state index in [1.165, 1.54) is 0 Å². The van der Waals surface area contributed by atoms with E-state index < -0.39 is 0 Å². The molecule has 4 rings (SSSR count). The maximum absolute atomic E-state index is 12.2. The minimum Gasteiger partial charge on any atom is -0.454 e. The monoisotopic (exact) mass is 429 g/mol. The van der Waals surface area contributed by atoms with E-state index >= 15 is 0 Å². The summed E-state index contributed by atoms with van der Waals surface area (Å²) in [6.45, 7) is 1.86. The van der Waals surface area contributed by atoms with Crippen LogP contribution < -0.4 is 20.2 Å². The first-order valence-electron chi connectivity index (χ1n) is 10.2. The van der Waals surface area contributed by atoms with Crippen molar-refractivity contribution in [2.45, 2.75) is 19.8 Å². The Kier molecular flexibility index (Phi) is 6.46. The topological polar surface area (TPSA) is 89.0 Å². The number of anilines is 1. The highest BCUT2D eigenvalue weighted by Gasteiger charge is 2.14. The van der Waals surface area contributed by atoms with Gasteiger partial charge in [-0.25, -0.2) is 5.43 Å². The fourth-order valence-electron chi connectivity index (χ4n) is 3.28. The first kappa shape index (κ1) is 21.1. The molecule has 32 heavy (non-hydrogen) atoms. The van der Waals surface area contributed by atoms with Crippen LogP contribution in [0.2, 0.25) is 0 Å². The van der Waals surface area contributed by atoms with Gasteiger partial charge >= 0.3 is 0 Å². The first-order valence-corrected chi connectivity index (χ1v) is 10.2. The third-order valence-electron chi connectivity index (χ3n) is 4.87. The van der Waals surface area contributed by atoms with Crippen molar-refractivity contribution < 1.29 is 19.1 Å². The number of rotatable bonds is 7. The zero-order valence-corrected chi connectivity index (χ0v) is 17.6. The third kappa shape index (κ3) is 5.51. The molecule has 1 aliphatic heterocycles. The fraction of sp³-hybridized carbons (Fsp3) is 0.160. The number of amides is 2. The lowest BCUT2D eigenvalue weighted by atomic mass is 10.0. The standard InChI is InChI=1S/C25H23N3O4/c1-17(13-24(29)26-21-11-12-22-23(15-21)32-16-31-22)27-28-25(30)14-18-7-9-20(10-8-18)19-5-3-2-4-6-19/h2-12,15H,13-14,16H2,1H3,(H,26,29)(H,28,30)/b27-17+. The molecule has 2 amide bonds. The minimum absolute atomic E-state index is 0.0560. The Labute approximate surface area is 186 Å². The van der Waals surface area contributed by atoms with Crippen LogP contribution in [0.5, 0.6) is 11.5 Å². The summed E-state index contributed by atoms with van der Waals surface area (Å²) in [6, 6.07) is 23.1. The second-order valence-corrected chi connectivity index (χ2v) is 7.41. The Balaban J connectivity index is 1.25. The number of nitrogens with one attached hydrogen (secondary N) is 2. The average molecular weight is 429 g/mol. The first-order chi connectivity index (χ1) is 15.6. The summed E-state index contributed by atoms with van der Waals surface area (Å²) in [5.74, 6) is 0.763. The summed E-state index contributed by atoms with van der Waals surface area (Å²) in [5, 5.41) is 6.82. The number of ether oxygens (including phenoxy) is 2. The molecule has 7 nitrogen and oxygen atoms in total. The van der Waals surface area contributed by atoms with Gasteiger partial charge in [-0.05, 0) is 35.7 Å². The van der Waals surface area contributed by atoms with Gasteiger partial charge in [-0.3, -0.25) is 9.59 Å². The predicted molar refractivity (Wildman–Crippen MR) is 123 cm³/mol. The molecule has 7 heteroatoms. The smallest absolute Gasteiger partial charge is 0.244 e. The lowest BCUT2D eigenvalue weighted by molar-refractivity contribution is -0.120. The van der Waals surface area contributed by atoms with Crippen molar-refractivity contribution in [2.24, 2.45) is 5.10 Å².